The van der Waals surface area contributed by atoms with Crippen molar-refractivity contribution in [1.29, 1.82) is 0 Å². The molecule has 12 nitrogen and oxygen atoms in total. The Balaban J connectivity index is 1.44. The summed E-state index contributed by atoms with van der Waals surface area (Å²) in [5, 5.41) is 8.87. The van der Waals surface area contributed by atoms with Crippen LogP contribution in [0.25, 0.3) is 22.0 Å². The largest absolute Gasteiger partial charge is 0.363 e. The third-order valence-corrected chi connectivity index (χ3v) is 12.5. The Morgan fingerprint density at radius 3 is 2.48 bits per heavy atom. The molecular formula is C44H54ClN9O3S. The Hall–Kier alpha value is -4.79. The fourth-order valence-electron chi connectivity index (χ4n) is 7.45. The van der Waals surface area contributed by atoms with Crippen LogP contribution < -0.4 is 27.0 Å². The maximum atomic E-state index is 14.7. The lowest BCUT2D eigenvalue weighted by atomic mass is 9.90. The van der Waals surface area contributed by atoms with Crippen LogP contribution in [0.3, 0.4) is 0 Å². The van der Waals surface area contributed by atoms with Gasteiger partial charge in [-0.3, -0.25) is 14.4 Å². The van der Waals surface area contributed by atoms with Crippen LogP contribution in [0.5, 0.6) is 0 Å². The number of rotatable bonds is 11. The molecule has 2 amide bonds. The molecule has 0 fully saturated rings. The minimum absolute atomic E-state index is 0.0280. The number of carbonyl (C=O) groups excluding carboxylic acids is 3. The second-order valence-electron chi connectivity index (χ2n) is 15.1. The third kappa shape index (κ3) is 10.4. The van der Waals surface area contributed by atoms with Crippen molar-refractivity contribution in [3.63, 3.8) is 0 Å². The predicted octanol–water partition coefficient (Wildman–Crippen LogP) is 6.10. The van der Waals surface area contributed by atoms with Gasteiger partial charge in [-0.05, 0) is 97.4 Å². The lowest BCUT2D eigenvalue weighted by molar-refractivity contribution is -0.143. The average molecular weight is 824 g/mol. The van der Waals surface area contributed by atoms with E-state index in [1.165, 1.54) is 16.7 Å². The highest BCUT2D eigenvalue weighted by atomic mass is 35.5. The smallest absolute Gasteiger partial charge is 0.243 e. The number of nitrogens with two attached hydrogens (primary N) is 2. The van der Waals surface area contributed by atoms with Crippen LogP contribution in [0.15, 0.2) is 89.2 Å². The maximum absolute atomic E-state index is 14.7. The summed E-state index contributed by atoms with van der Waals surface area (Å²) >= 11 is 8.58. The fourth-order valence-corrected chi connectivity index (χ4v) is 8.80. The van der Waals surface area contributed by atoms with E-state index >= 15 is 0 Å². The van der Waals surface area contributed by atoms with Gasteiger partial charge in [0.15, 0.2) is 5.78 Å². The first-order valence-corrected chi connectivity index (χ1v) is 21.1. The molecule has 2 aromatic carbocycles. The highest BCUT2D eigenvalue weighted by molar-refractivity contribution is 7.99. The summed E-state index contributed by atoms with van der Waals surface area (Å²) in [6.45, 7) is 1.40. The first kappa shape index (κ1) is 42.8. The van der Waals surface area contributed by atoms with Gasteiger partial charge in [-0.15, -0.1) is 0 Å². The number of hydrogen-bond donors (Lipinski definition) is 5. The molecule has 0 aliphatic carbocycles. The minimum atomic E-state index is -0.888. The maximum Gasteiger partial charge on any atom is 0.243 e. The van der Waals surface area contributed by atoms with Crippen molar-refractivity contribution in [2.24, 2.45) is 17.4 Å². The summed E-state index contributed by atoms with van der Waals surface area (Å²) in [6, 6.07) is 18.2. The number of hydrogen-bond acceptors (Lipinski definition) is 10. The number of carbonyl (C=O) groups is 3. The van der Waals surface area contributed by atoms with Crippen LogP contribution in [0.1, 0.15) is 55.2 Å². The van der Waals surface area contributed by atoms with Gasteiger partial charge in [-0.2, -0.15) is 0 Å². The van der Waals surface area contributed by atoms with Crippen LogP contribution in [-0.4, -0.2) is 83.8 Å². The summed E-state index contributed by atoms with van der Waals surface area (Å²) in [5.41, 5.74) is 17.0. The molecule has 3 aromatic heterocycles. The van der Waals surface area contributed by atoms with Gasteiger partial charge in [-0.1, -0.05) is 54.0 Å². The molecule has 58 heavy (non-hydrogen) atoms. The topological polar surface area (TPSA) is 175 Å². The highest BCUT2D eigenvalue weighted by Gasteiger charge is 2.34. The summed E-state index contributed by atoms with van der Waals surface area (Å²) in [6.07, 6.45) is 8.74. The van der Waals surface area contributed by atoms with Crippen molar-refractivity contribution >= 4 is 57.7 Å². The van der Waals surface area contributed by atoms with E-state index in [0.29, 0.717) is 50.3 Å². The molecule has 1 aliphatic heterocycles. The van der Waals surface area contributed by atoms with E-state index < -0.39 is 18.0 Å². The molecule has 1 aliphatic rings. The number of anilines is 1. The van der Waals surface area contributed by atoms with E-state index in [1.54, 1.807) is 13.2 Å². The van der Waals surface area contributed by atoms with Crippen LogP contribution in [0.2, 0.25) is 5.02 Å². The molecule has 0 unspecified atom stereocenters. The summed E-state index contributed by atoms with van der Waals surface area (Å²) in [5.74, 6) is -0.464. The van der Waals surface area contributed by atoms with Gasteiger partial charge in [0.2, 0.25) is 11.8 Å². The number of fused-ring (bicyclic) bond motifs is 3. The molecule has 5 aromatic rings. The first-order chi connectivity index (χ1) is 28.1. The normalized spacial score (nSPS) is 18.4. The van der Waals surface area contributed by atoms with Crippen LogP contribution in [0.4, 0.5) is 5.82 Å². The summed E-state index contributed by atoms with van der Waals surface area (Å²) in [4.78, 5) is 60.4. The molecule has 6 rings (SSSR count). The number of Topliss-reactive ketones (excluding diaryl/α,β-unsaturated/α-hetero) is 1. The number of amides is 2. The van der Waals surface area contributed by atoms with E-state index in [0.717, 1.165) is 60.9 Å². The quantitative estimate of drug-likeness (QED) is 0.0980. The fraction of sp³-hybridized carbons (Fsp3) is 0.386. The average Bonchev–Trinajstić information content (AvgIpc) is 3.64. The van der Waals surface area contributed by atoms with E-state index in [2.05, 4.69) is 20.6 Å². The molecule has 7 N–H and O–H groups in total. The van der Waals surface area contributed by atoms with Crippen molar-refractivity contribution in [2.75, 3.05) is 39.1 Å². The van der Waals surface area contributed by atoms with Gasteiger partial charge in [-0.25, -0.2) is 9.97 Å². The Kier molecular flexibility index (Phi) is 15.0. The summed E-state index contributed by atoms with van der Waals surface area (Å²) in [7, 11) is 5.55. The van der Waals surface area contributed by atoms with E-state index in [4.69, 9.17) is 28.1 Å². The lowest BCUT2D eigenvalue weighted by Crippen LogP contribution is -2.51. The molecule has 0 radical (unpaired) electrons. The molecule has 306 valence electrons. The van der Waals surface area contributed by atoms with Crippen molar-refractivity contribution in [3.05, 3.63) is 101 Å². The van der Waals surface area contributed by atoms with Crippen LogP contribution >= 0.6 is 23.4 Å². The van der Waals surface area contributed by atoms with E-state index in [9.17, 15) is 14.4 Å². The highest BCUT2D eigenvalue weighted by Crippen LogP contribution is 2.40. The van der Waals surface area contributed by atoms with Gasteiger partial charge in [0.25, 0.3) is 0 Å². The number of H-pyrrole nitrogens is 1. The van der Waals surface area contributed by atoms with Gasteiger partial charge in [0.1, 0.15) is 16.9 Å². The van der Waals surface area contributed by atoms with Crippen molar-refractivity contribution in [2.45, 2.75) is 80.0 Å². The molecule has 0 bridgehead atoms. The van der Waals surface area contributed by atoms with Crippen LogP contribution in [-0.2, 0) is 33.9 Å². The second kappa shape index (κ2) is 20.3. The number of likely N-dealkylation sites (N-methyl/N-ethyl adjacent to an activating group) is 1. The summed E-state index contributed by atoms with van der Waals surface area (Å²) < 4.78 is 0. The van der Waals surface area contributed by atoms with Crippen molar-refractivity contribution in [3.8, 4) is 11.1 Å². The second-order valence-corrected chi connectivity index (χ2v) is 16.5. The molecule has 0 saturated carbocycles. The van der Waals surface area contributed by atoms with E-state index in [-0.39, 0.29) is 37.0 Å². The van der Waals surface area contributed by atoms with Gasteiger partial charge in [0, 0.05) is 92.9 Å². The zero-order valence-corrected chi connectivity index (χ0v) is 35.0. The zero-order valence-electron chi connectivity index (χ0n) is 33.5. The lowest BCUT2D eigenvalue weighted by Gasteiger charge is -2.31. The Bertz CT molecular complexity index is 2200. The number of para-hydroxylation sites is 1. The minimum Gasteiger partial charge on any atom is -0.363 e. The standard InChI is InChI=1S/C44H54ClN9O3S/c1-53(2)40-16-15-29(24-51-40)31-20-33-27-52-42(56)38(22-32-26-49-36-13-5-4-12-34(32)36)54(3)44(57)28(10-6-7-17-46)23-39(55)37(14-8-18-47)50-25-30-11-9-19-48-43(30)58-41(33)35(45)21-31/h4-5,9,11-13,15-16,19-21,24,26,28,37-38,49-50H,6-8,10,14,17-18,22-23,25,27,46-47H2,1-3H3,(H,52,56)/t28-,37+,38+/m1/s1. The molecule has 4 heterocycles. The third-order valence-electron chi connectivity index (χ3n) is 10.8. The predicted molar refractivity (Wildman–Crippen MR) is 233 cm³/mol. The number of ketones is 1. The van der Waals surface area contributed by atoms with Gasteiger partial charge in [0.05, 0.1) is 11.1 Å². The molecular weight excluding hydrogens is 770 g/mol. The van der Waals surface area contributed by atoms with Gasteiger partial charge < -0.3 is 36.9 Å². The number of aromatic amines is 1. The van der Waals surface area contributed by atoms with Crippen molar-refractivity contribution < 1.29 is 14.4 Å². The van der Waals surface area contributed by atoms with Crippen LogP contribution in [0, 0.1) is 5.92 Å². The number of unbranched alkanes of at least 4 members (excludes halogenated alkanes) is 1. The number of pyridine rings is 2. The Morgan fingerprint density at radius 2 is 1.72 bits per heavy atom. The zero-order chi connectivity index (χ0) is 41.2. The van der Waals surface area contributed by atoms with E-state index in [1.807, 2.05) is 92.1 Å². The van der Waals surface area contributed by atoms with Gasteiger partial charge >= 0.3 is 0 Å². The SMILES string of the molecule is CN(C)c1ccc(-c2cc(Cl)c3c(c2)CNC(=O)[C@H](Cc2c[nH]c4ccccc24)N(C)C(=O)[C@H](CCCCN)CC(=O)[C@H](CCCN)NCc2cccnc2S3)cn1. The molecule has 14 heteroatoms. The molecule has 0 spiro atoms. The number of nitrogens with zero attached hydrogens (tertiary/aromatic N) is 4. The first-order valence-electron chi connectivity index (χ1n) is 19.9. The number of halogens is 1. The Morgan fingerprint density at radius 1 is 0.914 bits per heavy atom. The van der Waals surface area contributed by atoms with Crippen molar-refractivity contribution in [1.82, 2.24) is 30.5 Å². The molecule has 0 saturated heterocycles. The monoisotopic (exact) mass is 823 g/mol. The number of nitrogens with one attached hydrogen (secondary N) is 3. The number of aromatic nitrogens is 3. The molecule has 3 atom stereocenters. The number of benzene rings is 2. The Labute approximate surface area is 349 Å².